The third kappa shape index (κ3) is 4.20. The lowest BCUT2D eigenvalue weighted by molar-refractivity contribution is -0.141. The summed E-state index contributed by atoms with van der Waals surface area (Å²) in [6.45, 7) is 4.24. The van der Waals surface area contributed by atoms with Gasteiger partial charge in [-0.15, -0.1) is 0 Å². The predicted octanol–water partition coefficient (Wildman–Crippen LogP) is 2.12. The molecule has 1 fully saturated rings. The quantitative estimate of drug-likeness (QED) is 0.700. The van der Waals surface area contributed by atoms with Gasteiger partial charge in [0.15, 0.2) is 5.69 Å². The van der Waals surface area contributed by atoms with Crippen LogP contribution in [0.4, 0.5) is 13.2 Å². The first-order chi connectivity index (χ1) is 13.5. The molecule has 0 aliphatic carbocycles. The molecule has 1 aromatic heterocycles. The Morgan fingerprint density at radius 3 is 2.21 bits per heavy atom. The monoisotopic (exact) mass is 428 g/mol. The Hall–Kier alpha value is -2.66. The van der Waals surface area contributed by atoms with E-state index >= 15 is 0 Å². The van der Waals surface area contributed by atoms with Crippen LogP contribution in [-0.4, -0.2) is 59.5 Å². The van der Waals surface area contributed by atoms with Crippen molar-refractivity contribution in [1.29, 1.82) is 0 Å². The van der Waals surface area contributed by atoms with E-state index in [2.05, 4.69) is 11.7 Å². The van der Waals surface area contributed by atoms with Crippen LogP contribution in [-0.2, 0) is 28.0 Å². The van der Waals surface area contributed by atoms with Gasteiger partial charge in [0.1, 0.15) is 0 Å². The van der Waals surface area contributed by atoms with Crippen molar-refractivity contribution in [2.24, 2.45) is 7.05 Å². The minimum absolute atomic E-state index is 0.0305. The Morgan fingerprint density at radius 1 is 1.14 bits per heavy atom. The lowest BCUT2D eigenvalue weighted by Gasteiger charge is -2.33. The van der Waals surface area contributed by atoms with Gasteiger partial charge in [-0.1, -0.05) is 18.7 Å². The van der Waals surface area contributed by atoms with Crippen LogP contribution in [0.15, 0.2) is 47.9 Å². The first-order valence-electron chi connectivity index (χ1n) is 8.67. The lowest BCUT2D eigenvalue weighted by Crippen LogP contribution is -2.50. The maximum Gasteiger partial charge on any atom is 0.435 e. The summed E-state index contributed by atoms with van der Waals surface area (Å²) < 4.78 is 66.5. The lowest BCUT2D eigenvalue weighted by atomic mass is 10.1. The topological polar surface area (TPSA) is 75.5 Å². The molecule has 7 nitrogen and oxygen atoms in total. The van der Waals surface area contributed by atoms with Gasteiger partial charge in [0.2, 0.25) is 15.9 Å². The van der Waals surface area contributed by atoms with Gasteiger partial charge in [-0.2, -0.15) is 22.6 Å². The molecule has 0 N–H and O–H groups in total. The number of hydrogen-bond acceptors (Lipinski definition) is 4. The molecule has 11 heteroatoms. The molecule has 0 atom stereocenters. The largest absolute Gasteiger partial charge is 0.435 e. The van der Waals surface area contributed by atoms with E-state index in [1.807, 2.05) is 0 Å². The predicted molar refractivity (Wildman–Crippen MR) is 99.2 cm³/mol. The van der Waals surface area contributed by atoms with Crippen LogP contribution in [0.25, 0.3) is 11.3 Å². The summed E-state index contributed by atoms with van der Waals surface area (Å²) >= 11 is 0. The molecule has 2 aromatic rings. The van der Waals surface area contributed by atoms with Crippen molar-refractivity contribution < 1.29 is 26.4 Å². The molecule has 0 saturated carbocycles. The van der Waals surface area contributed by atoms with E-state index in [-0.39, 0.29) is 42.7 Å². The summed E-state index contributed by atoms with van der Waals surface area (Å²) in [4.78, 5) is 13.2. The maximum absolute atomic E-state index is 12.8. The summed E-state index contributed by atoms with van der Waals surface area (Å²) in [5, 5.41) is 3.46. The number of sulfonamides is 1. The summed E-state index contributed by atoms with van der Waals surface area (Å²) in [5.41, 5.74) is -0.382. The normalized spacial score (nSPS) is 16.1. The van der Waals surface area contributed by atoms with Gasteiger partial charge in [0.25, 0.3) is 0 Å². The number of alkyl halides is 3. The second kappa shape index (κ2) is 7.64. The van der Waals surface area contributed by atoms with E-state index in [4.69, 9.17) is 0 Å². The summed E-state index contributed by atoms with van der Waals surface area (Å²) in [6.07, 6.45) is -3.38. The molecule has 0 spiro atoms. The van der Waals surface area contributed by atoms with Gasteiger partial charge < -0.3 is 4.90 Å². The van der Waals surface area contributed by atoms with E-state index < -0.39 is 21.9 Å². The molecule has 1 aliphatic rings. The highest BCUT2D eigenvalue weighted by Gasteiger charge is 2.35. The standard InChI is InChI=1S/C18H19F3N4O3S/c1-3-17(26)24-8-10-25(11-9-24)29(27,28)14-6-4-13(5-7-14)15-12-16(18(19,20)21)22-23(15)2/h3-7,12H,1,8-11H2,2H3. The molecule has 1 amide bonds. The summed E-state index contributed by atoms with van der Waals surface area (Å²) in [7, 11) is -2.39. The Labute approximate surface area is 166 Å². The van der Waals surface area contributed by atoms with Crippen LogP contribution in [0.5, 0.6) is 0 Å². The number of halogens is 3. The zero-order valence-corrected chi connectivity index (χ0v) is 16.4. The highest BCUT2D eigenvalue weighted by molar-refractivity contribution is 7.89. The molecule has 2 heterocycles. The highest BCUT2D eigenvalue weighted by atomic mass is 32.2. The van der Waals surface area contributed by atoms with Crippen LogP contribution in [0.3, 0.4) is 0 Å². The van der Waals surface area contributed by atoms with E-state index in [0.29, 0.717) is 5.56 Å². The summed E-state index contributed by atoms with van der Waals surface area (Å²) in [5.74, 6) is -0.249. The Kier molecular flexibility index (Phi) is 5.54. The van der Waals surface area contributed by atoms with Gasteiger partial charge in [-0.3, -0.25) is 9.48 Å². The van der Waals surface area contributed by atoms with Crippen molar-refractivity contribution in [3.8, 4) is 11.3 Å². The van der Waals surface area contributed by atoms with E-state index in [9.17, 15) is 26.4 Å². The van der Waals surface area contributed by atoms with E-state index in [1.54, 1.807) is 0 Å². The van der Waals surface area contributed by atoms with Crippen molar-refractivity contribution in [2.45, 2.75) is 11.1 Å². The number of carbonyl (C=O) groups excluding carboxylic acids is 1. The SMILES string of the molecule is C=CC(=O)N1CCN(S(=O)(=O)c2ccc(-c3cc(C(F)(F)F)nn3C)cc2)CC1. The number of rotatable bonds is 4. The summed E-state index contributed by atoms with van der Waals surface area (Å²) in [6, 6.07) is 6.51. The van der Waals surface area contributed by atoms with Crippen LogP contribution >= 0.6 is 0 Å². The number of nitrogens with zero attached hydrogens (tertiary/aromatic N) is 4. The molecular weight excluding hydrogens is 409 g/mol. The fourth-order valence-corrected chi connectivity index (χ4v) is 4.52. The Morgan fingerprint density at radius 2 is 1.72 bits per heavy atom. The molecule has 1 aliphatic heterocycles. The molecule has 1 aromatic carbocycles. The number of hydrogen-bond donors (Lipinski definition) is 0. The molecular formula is C18H19F3N4O3S. The van der Waals surface area contributed by atoms with Gasteiger partial charge in [0, 0.05) is 33.2 Å². The number of aromatic nitrogens is 2. The van der Waals surface area contributed by atoms with Crippen LogP contribution < -0.4 is 0 Å². The zero-order chi connectivity index (χ0) is 21.4. The number of piperazine rings is 1. The minimum atomic E-state index is -4.56. The third-order valence-electron chi connectivity index (χ3n) is 4.68. The average Bonchev–Trinajstić information content (AvgIpc) is 3.09. The smallest absolute Gasteiger partial charge is 0.337 e. The van der Waals surface area contributed by atoms with Crippen LogP contribution in [0.1, 0.15) is 5.69 Å². The van der Waals surface area contributed by atoms with E-state index in [0.717, 1.165) is 10.7 Å². The van der Waals surface area contributed by atoms with Crippen molar-refractivity contribution in [1.82, 2.24) is 19.0 Å². The minimum Gasteiger partial charge on any atom is -0.337 e. The second-order valence-corrected chi connectivity index (χ2v) is 8.43. The van der Waals surface area contributed by atoms with E-state index in [1.165, 1.54) is 46.6 Å². The molecule has 0 bridgehead atoms. The molecule has 3 rings (SSSR count). The number of benzene rings is 1. The highest BCUT2D eigenvalue weighted by Crippen LogP contribution is 2.32. The van der Waals surface area contributed by atoms with Crippen molar-refractivity contribution >= 4 is 15.9 Å². The molecule has 0 radical (unpaired) electrons. The second-order valence-electron chi connectivity index (χ2n) is 6.49. The fourth-order valence-electron chi connectivity index (χ4n) is 3.10. The van der Waals surface area contributed by atoms with Crippen molar-refractivity contribution in [3.05, 3.63) is 48.7 Å². The van der Waals surface area contributed by atoms with Crippen LogP contribution in [0.2, 0.25) is 0 Å². The number of amides is 1. The maximum atomic E-state index is 12.8. The average molecular weight is 428 g/mol. The van der Waals surface area contributed by atoms with Crippen molar-refractivity contribution in [2.75, 3.05) is 26.2 Å². The Bertz CT molecular complexity index is 1020. The van der Waals surface area contributed by atoms with Gasteiger partial charge in [0.05, 0.1) is 10.6 Å². The first kappa shape index (κ1) is 21.1. The fraction of sp³-hybridized carbons (Fsp3) is 0.333. The van der Waals surface area contributed by atoms with Crippen LogP contribution in [0, 0.1) is 0 Å². The third-order valence-corrected chi connectivity index (χ3v) is 6.60. The molecule has 0 unspecified atom stereocenters. The number of carbonyl (C=O) groups is 1. The van der Waals surface area contributed by atoms with Gasteiger partial charge in [-0.05, 0) is 29.8 Å². The molecule has 1 saturated heterocycles. The van der Waals surface area contributed by atoms with Crippen molar-refractivity contribution in [3.63, 3.8) is 0 Å². The molecule has 156 valence electrons. The van der Waals surface area contributed by atoms with Gasteiger partial charge in [-0.25, -0.2) is 8.42 Å². The Balaban J connectivity index is 1.79. The molecule has 29 heavy (non-hydrogen) atoms. The van der Waals surface area contributed by atoms with Gasteiger partial charge >= 0.3 is 6.18 Å². The number of aryl methyl sites for hydroxylation is 1. The zero-order valence-electron chi connectivity index (χ0n) is 15.6. The first-order valence-corrected chi connectivity index (χ1v) is 10.1.